The molecule has 0 N–H and O–H groups in total. The van der Waals surface area contributed by atoms with E-state index in [1.54, 1.807) is 6.08 Å². The highest BCUT2D eigenvalue weighted by atomic mass is 16.5. The van der Waals surface area contributed by atoms with Crippen LogP contribution in [0.3, 0.4) is 0 Å². The monoisotopic (exact) mass is 361 g/mol. The summed E-state index contributed by atoms with van der Waals surface area (Å²) >= 11 is 0. The molecule has 5 nitrogen and oxygen atoms in total. The second-order valence-corrected chi connectivity index (χ2v) is 6.40. The Bertz CT molecular complexity index is 859. The molecule has 0 saturated heterocycles. The summed E-state index contributed by atoms with van der Waals surface area (Å²) in [6.45, 7) is 0. The van der Waals surface area contributed by atoms with E-state index >= 15 is 0 Å². The molecule has 2 aromatic carbocycles. The van der Waals surface area contributed by atoms with Gasteiger partial charge in [0, 0.05) is 12.0 Å². The van der Waals surface area contributed by atoms with Crippen molar-refractivity contribution in [3.63, 3.8) is 0 Å². The van der Waals surface area contributed by atoms with Crippen molar-refractivity contribution in [3.8, 4) is 6.07 Å². The molecule has 1 aliphatic rings. The molecule has 0 saturated carbocycles. The number of nitrogens with zero attached hydrogens (tertiary/aromatic N) is 1. The van der Waals surface area contributed by atoms with Crippen LogP contribution in [0.2, 0.25) is 0 Å². The van der Waals surface area contributed by atoms with Crippen molar-refractivity contribution in [2.45, 2.75) is 18.9 Å². The van der Waals surface area contributed by atoms with Crippen LogP contribution in [0.15, 0.2) is 72.3 Å². The minimum Gasteiger partial charge on any atom is -0.468 e. The summed E-state index contributed by atoms with van der Waals surface area (Å²) in [6.07, 6.45) is 1.15. The van der Waals surface area contributed by atoms with Gasteiger partial charge in [-0.15, -0.1) is 0 Å². The van der Waals surface area contributed by atoms with Crippen molar-refractivity contribution in [2.75, 3.05) is 7.11 Å². The normalized spacial score (nSPS) is 18.5. The van der Waals surface area contributed by atoms with E-state index in [0.29, 0.717) is 5.57 Å². The van der Waals surface area contributed by atoms with Crippen LogP contribution in [0, 0.1) is 16.7 Å². The molecule has 0 amide bonds. The number of hydrogen-bond donors (Lipinski definition) is 0. The number of allylic oxidation sites excluding steroid dienone is 1. The van der Waals surface area contributed by atoms with E-state index in [0.717, 1.165) is 11.1 Å². The van der Waals surface area contributed by atoms with Gasteiger partial charge in [-0.25, -0.2) is 4.79 Å². The average Bonchev–Trinajstić information content (AvgIpc) is 3.18. The predicted octanol–water partition coefficient (Wildman–Crippen LogP) is 3.72. The lowest BCUT2D eigenvalue weighted by Crippen LogP contribution is -2.29. The number of benzene rings is 2. The number of rotatable bonds is 5. The predicted molar refractivity (Wildman–Crippen MR) is 98.2 cm³/mol. The maximum atomic E-state index is 12.8. The van der Waals surface area contributed by atoms with Crippen molar-refractivity contribution in [1.29, 1.82) is 5.26 Å². The first-order chi connectivity index (χ1) is 13.1. The third kappa shape index (κ3) is 3.75. The molecule has 27 heavy (non-hydrogen) atoms. The molecular formula is C22H19NO4. The maximum Gasteiger partial charge on any atom is 0.334 e. The fourth-order valence-corrected chi connectivity index (χ4v) is 3.17. The van der Waals surface area contributed by atoms with Crippen molar-refractivity contribution < 1.29 is 19.1 Å². The highest BCUT2D eigenvalue weighted by Gasteiger charge is 2.45. The summed E-state index contributed by atoms with van der Waals surface area (Å²) in [7, 11) is 1.23. The number of ether oxygens (including phenoxy) is 2. The van der Waals surface area contributed by atoms with E-state index in [9.17, 15) is 14.9 Å². The third-order valence-corrected chi connectivity index (χ3v) is 4.67. The summed E-state index contributed by atoms with van der Waals surface area (Å²) in [5.74, 6) is -1.17. The van der Waals surface area contributed by atoms with Gasteiger partial charge in [0.25, 0.3) is 0 Å². The molecule has 0 aliphatic heterocycles. The van der Waals surface area contributed by atoms with E-state index < -0.39 is 23.5 Å². The fourth-order valence-electron chi connectivity index (χ4n) is 3.17. The molecule has 1 aliphatic carbocycles. The van der Waals surface area contributed by atoms with Crippen molar-refractivity contribution >= 4 is 11.9 Å². The Labute approximate surface area is 157 Å². The highest BCUT2D eigenvalue weighted by Crippen LogP contribution is 2.39. The van der Waals surface area contributed by atoms with Gasteiger partial charge >= 0.3 is 11.9 Å². The van der Waals surface area contributed by atoms with E-state index in [4.69, 9.17) is 9.47 Å². The number of esters is 2. The van der Waals surface area contributed by atoms with Crippen LogP contribution in [0.1, 0.15) is 30.1 Å². The van der Waals surface area contributed by atoms with E-state index in [1.807, 2.05) is 66.7 Å². The largest absolute Gasteiger partial charge is 0.468 e. The molecule has 136 valence electrons. The van der Waals surface area contributed by atoms with Gasteiger partial charge in [-0.3, -0.25) is 4.79 Å². The van der Waals surface area contributed by atoms with Crippen molar-refractivity contribution in [2.24, 2.45) is 5.41 Å². The second-order valence-electron chi connectivity index (χ2n) is 6.40. The van der Waals surface area contributed by atoms with Crippen LogP contribution in [0.25, 0.3) is 0 Å². The molecule has 0 unspecified atom stereocenters. The first kappa shape index (κ1) is 18.4. The van der Waals surface area contributed by atoms with E-state index in [-0.39, 0.29) is 12.8 Å². The Morgan fingerprint density at radius 2 is 1.59 bits per heavy atom. The average molecular weight is 361 g/mol. The first-order valence-electron chi connectivity index (χ1n) is 8.59. The quantitative estimate of drug-likeness (QED) is 0.759. The minimum absolute atomic E-state index is 0.00862. The van der Waals surface area contributed by atoms with Gasteiger partial charge < -0.3 is 9.47 Å². The lowest BCUT2D eigenvalue weighted by molar-refractivity contribution is -0.149. The Balaban J connectivity index is 1.82. The summed E-state index contributed by atoms with van der Waals surface area (Å²) in [4.78, 5) is 24.7. The SMILES string of the molecule is COC(=O)[C@@]1(C#N)CC=C(C(=O)OC(c2ccccc2)c2ccccc2)C1. The van der Waals surface area contributed by atoms with Crippen LogP contribution in [-0.2, 0) is 19.1 Å². The lowest BCUT2D eigenvalue weighted by atomic mass is 9.86. The van der Waals surface area contributed by atoms with Crippen LogP contribution in [0.4, 0.5) is 0 Å². The molecule has 3 rings (SSSR count). The van der Waals surface area contributed by atoms with Gasteiger partial charge in [-0.05, 0) is 17.5 Å². The minimum atomic E-state index is -1.35. The van der Waals surface area contributed by atoms with E-state index in [2.05, 4.69) is 0 Å². The Kier molecular flexibility index (Phi) is 5.37. The zero-order valence-electron chi connectivity index (χ0n) is 14.9. The molecule has 0 radical (unpaired) electrons. The number of carbonyl (C=O) groups excluding carboxylic acids is 2. The summed E-state index contributed by atoms with van der Waals surface area (Å²) in [6, 6.07) is 20.9. The molecule has 1 atom stereocenters. The summed E-state index contributed by atoms with van der Waals surface area (Å²) in [5.41, 5.74) is 0.655. The summed E-state index contributed by atoms with van der Waals surface area (Å²) in [5, 5.41) is 9.42. The second kappa shape index (κ2) is 7.88. The van der Waals surface area contributed by atoms with Crippen LogP contribution < -0.4 is 0 Å². The highest BCUT2D eigenvalue weighted by molar-refractivity contribution is 5.93. The fraction of sp³-hybridized carbons (Fsp3) is 0.227. The van der Waals surface area contributed by atoms with Gasteiger partial charge in [-0.1, -0.05) is 66.7 Å². The van der Waals surface area contributed by atoms with Crippen molar-refractivity contribution in [3.05, 3.63) is 83.4 Å². The molecule has 0 spiro atoms. The van der Waals surface area contributed by atoms with Crippen LogP contribution in [-0.4, -0.2) is 19.0 Å². The standard InChI is InChI=1S/C22H19NO4/c1-26-21(25)22(15-23)13-12-18(14-22)20(24)27-19(16-8-4-2-5-9-16)17-10-6-3-7-11-17/h2-12,19H,13-14H2,1H3/t22-/m0/s1. The molecule has 0 aromatic heterocycles. The first-order valence-corrected chi connectivity index (χ1v) is 8.59. The maximum absolute atomic E-state index is 12.8. The Morgan fingerprint density at radius 1 is 1.04 bits per heavy atom. The zero-order chi connectivity index (χ0) is 19.3. The molecule has 0 fully saturated rings. The number of methoxy groups -OCH3 is 1. The third-order valence-electron chi connectivity index (χ3n) is 4.67. The number of carbonyl (C=O) groups is 2. The number of nitriles is 1. The van der Waals surface area contributed by atoms with Crippen LogP contribution in [0.5, 0.6) is 0 Å². The smallest absolute Gasteiger partial charge is 0.334 e. The number of hydrogen-bond acceptors (Lipinski definition) is 5. The summed E-state index contributed by atoms with van der Waals surface area (Å²) < 4.78 is 10.5. The van der Waals surface area contributed by atoms with Gasteiger partial charge in [0.05, 0.1) is 13.2 Å². The zero-order valence-corrected chi connectivity index (χ0v) is 14.9. The van der Waals surface area contributed by atoms with Crippen LogP contribution >= 0.6 is 0 Å². The van der Waals surface area contributed by atoms with Gasteiger partial charge in [-0.2, -0.15) is 5.26 Å². The van der Waals surface area contributed by atoms with Gasteiger partial charge in [0.1, 0.15) is 0 Å². The van der Waals surface area contributed by atoms with E-state index in [1.165, 1.54) is 7.11 Å². The Hall–Kier alpha value is -3.39. The van der Waals surface area contributed by atoms with Gasteiger partial charge in [0.15, 0.2) is 11.5 Å². The Morgan fingerprint density at radius 3 is 2.07 bits per heavy atom. The van der Waals surface area contributed by atoms with Crippen molar-refractivity contribution in [1.82, 2.24) is 0 Å². The topological polar surface area (TPSA) is 76.4 Å². The molecule has 0 heterocycles. The molecular weight excluding hydrogens is 342 g/mol. The van der Waals surface area contributed by atoms with Gasteiger partial charge in [0.2, 0.25) is 0 Å². The molecule has 5 heteroatoms. The molecule has 0 bridgehead atoms. The molecule has 2 aromatic rings. The lowest BCUT2D eigenvalue weighted by Gasteiger charge is -2.20.